The normalized spacial score (nSPS) is 11.2. The van der Waals surface area contributed by atoms with Gasteiger partial charge in [-0.15, -0.1) is 0 Å². The Bertz CT molecular complexity index is 1000. The number of benzene rings is 2. The summed E-state index contributed by atoms with van der Waals surface area (Å²) in [5.74, 6) is -2.79. The molecule has 0 aliphatic carbocycles. The molecular weight excluding hydrogens is 467 g/mol. The van der Waals surface area contributed by atoms with Crippen molar-refractivity contribution in [2.75, 3.05) is 6.61 Å². The smallest absolute Gasteiger partial charge is 0.414 e. The van der Waals surface area contributed by atoms with Crippen molar-refractivity contribution in [3.8, 4) is 5.75 Å². The van der Waals surface area contributed by atoms with Gasteiger partial charge < -0.3 is 19.5 Å². The van der Waals surface area contributed by atoms with Gasteiger partial charge in [0.15, 0.2) is 0 Å². The van der Waals surface area contributed by atoms with Crippen molar-refractivity contribution in [3.63, 3.8) is 0 Å². The molecule has 2 N–H and O–H groups in total. The van der Waals surface area contributed by atoms with E-state index >= 15 is 0 Å². The quantitative estimate of drug-likeness (QED) is 0.443. The molecule has 0 bridgehead atoms. The second-order valence-electron chi connectivity index (χ2n) is 6.30. The van der Waals surface area contributed by atoms with Crippen LogP contribution >= 0.6 is 34.8 Å². The summed E-state index contributed by atoms with van der Waals surface area (Å²) in [6, 6.07) is 13.1. The fourth-order valence-electron chi connectivity index (χ4n) is 2.70. The van der Waals surface area contributed by atoms with Gasteiger partial charge in [0.2, 0.25) is 0 Å². The number of ether oxygens (including phenoxy) is 1. The van der Waals surface area contributed by atoms with Gasteiger partial charge in [0.1, 0.15) is 5.75 Å². The summed E-state index contributed by atoms with van der Waals surface area (Å²) in [6.07, 6.45) is 6.28. The molecule has 1 atom stereocenters. The number of rotatable bonds is 7. The third-order valence-corrected chi connectivity index (χ3v) is 5.01. The molecule has 1 heterocycles. The molecule has 164 valence electrons. The van der Waals surface area contributed by atoms with Crippen molar-refractivity contribution in [2.45, 2.75) is 18.9 Å². The minimum Gasteiger partial charge on any atom is -0.492 e. The molecule has 10 heteroatoms. The van der Waals surface area contributed by atoms with Crippen LogP contribution in [0.4, 0.5) is 0 Å². The van der Waals surface area contributed by atoms with Gasteiger partial charge in [-0.25, -0.2) is 14.6 Å². The van der Waals surface area contributed by atoms with Gasteiger partial charge in [-0.3, -0.25) is 0 Å². The highest BCUT2D eigenvalue weighted by Gasteiger charge is 2.16. The van der Waals surface area contributed by atoms with Gasteiger partial charge in [-0.1, -0.05) is 53.0 Å². The summed E-state index contributed by atoms with van der Waals surface area (Å²) in [6.45, 7) is 1.29. The van der Waals surface area contributed by atoms with E-state index in [2.05, 4.69) is 4.98 Å². The van der Waals surface area contributed by atoms with E-state index in [1.807, 2.05) is 47.2 Å². The zero-order chi connectivity index (χ0) is 22.8. The highest BCUT2D eigenvalue weighted by molar-refractivity contribution is 6.35. The average molecular weight is 486 g/mol. The summed E-state index contributed by atoms with van der Waals surface area (Å²) < 4.78 is 7.88. The lowest BCUT2D eigenvalue weighted by atomic mass is 9.95. The van der Waals surface area contributed by atoms with E-state index in [0.29, 0.717) is 27.4 Å². The number of carboxylic acids is 2. The van der Waals surface area contributed by atoms with Crippen molar-refractivity contribution < 1.29 is 24.5 Å². The molecule has 0 saturated heterocycles. The fourth-order valence-corrected chi connectivity index (χ4v) is 3.45. The van der Waals surface area contributed by atoms with Gasteiger partial charge in [0, 0.05) is 34.9 Å². The van der Waals surface area contributed by atoms with Crippen molar-refractivity contribution in [1.82, 2.24) is 9.55 Å². The number of carboxylic acid groups (broad SMARTS) is 2. The maximum Gasteiger partial charge on any atom is 0.414 e. The molecular formula is C21H19Cl3N2O5. The van der Waals surface area contributed by atoms with Crippen molar-refractivity contribution >= 4 is 46.7 Å². The summed E-state index contributed by atoms with van der Waals surface area (Å²) in [5, 5.41) is 16.7. The van der Waals surface area contributed by atoms with Crippen LogP contribution in [0.15, 0.2) is 61.2 Å². The average Bonchev–Trinajstić information content (AvgIpc) is 3.22. The van der Waals surface area contributed by atoms with E-state index in [9.17, 15) is 0 Å². The molecule has 3 aromatic rings. The Balaban J connectivity index is 0.000000501. The second-order valence-corrected chi connectivity index (χ2v) is 7.55. The molecule has 0 amide bonds. The molecule has 3 rings (SSSR count). The largest absolute Gasteiger partial charge is 0.492 e. The first-order valence-corrected chi connectivity index (χ1v) is 10.2. The minimum atomic E-state index is -1.82. The van der Waals surface area contributed by atoms with Crippen LogP contribution in [0.25, 0.3) is 0 Å². The van der Waals surface area contributed by atoms with Crippen LogP contribution in [0.3, 0.4) is 0 Å². The molecule has 0 spiro atoms. The first-order valence-electron chi connectivity index (χ1n) is 9.02. The number of imidazole rings is 1. The zero-order valence-corrected chi connectivity index (χ0v) is 18.4. The van der Waals surface area contributed by atoms with E-state index in [4.69, 9.17) is 59.3 Å². The summed E-state index contributed by atoms with van der Waals surface area (Å²) in [7, 11) is 0. The molecule has 7 nitrogen and oxygen atoms in total. The summed E-state index contributed by atoms with van der Waals surface area (Å²) >= 11 is 18.6. The monoisotopic (exact) mass is 484 g/mol. The van der Waals surface area contributed by atoms with Gasteiger partial charge >= 0.3 is 11.9 Å². The van der Waals surface area contributed by atoms with Crippen LogP contribution in [0.2, 0.25) is 15.1 Å². The highest BCUT2D eigenvalue weighted by atomic mass is 35.5. The molecule has 31 heavy (non-hydrogen) atoms. The van der Waals surface area contributed by atoms with Crippen LogP contribution in [0.1, 0.15) is 17.9 Å². The molecule has 2 aromatic carbocycles. The number of hydrogen-bond donors (Lipinski definition) is 2. The van der Waals surface area contributed by atoms with E-state index in [0.717, 1.165) is 18.5 Å². The van der Waals surface area contributed by atoms with Gasteiger partial charge in [-0.2, -0.15) is 0 Å². The van der Waals surface area contributed by atoms with E-state index in [1.165, 1.54) is 0 Å². The molecule has 0 aliphatic heterocycles. The number of aliphatic carboxylic acids is 2. The van der Waals surface area contributed by atoms with E-state index < -0.39 is 11.9 Å². The Morgan fingerprint density at radius 2 is 1.74 bits per heavy atom. The van der Waals surface area contributed by atoms with Crippen molar-refractivity contribution in [3.05, 3.63) is 81.8 Å². The third-order valence-electron chi connectivity index (χ3n) is 4.14. The lowest BCUT2D eigenvalue weighted by Gasteiger charge is -2.20. The standard InChI is InChI=1S/C19H17Cl3N2O.C2H2O4/c20-15-5-6-16(18(22)11-15)14(12-24-9-8-23-13-24)7-10-25-19-4-2-1-3-17(19)21;3-1(4)2(5)6/h1-6,8-9,11,13-14H,7,10,12H2;(H,3,4)(H,5,6). The summed E-state index contributed by atoms with van der Waals surface area (Å²) in [4.78, 5) is 22.3. The predicted molar refractivity (Wildman–Crippen MR) is 118 cm³/mol. The van der Waals surface area contributed by atoms with Crippen LogP contribution in [0.5, 0.6) is 5.75 Å². The Labute approximate surface area is 193 Å². The zero-order valence-electron chi connectivity index (χ0n) is 16.1. The second kappa shape index (κ2) is 12.2. The Morgan fingerprint density at radius 1 is 1.03 bits per heavy atom. The first kappa shape index (κ1) is 24.5. The van der Waals surface area contributed by atoms with Gasteiger partial charge in [0.25, 0.3) is 0 Å². The SMILES string of the molecule is Clc1ccc(C(CCOc2ccccc2Cl)Cn2ccnc2)c(Cl)c1.O=C(O)C(=O)O. The predicted octanol–water partition coefficient (Wildman–Crippen LogP) is 5.25. The number of halogens is 3. The number of aromatic nitrogens is 2. The fraction of sp³-hybridized carbons (Fsp3) is 0.190. The lowest BCUT2D eigenvalue weighted by Crippen LogP contribution is -2.12. The number of para-hydroxylation sites is 1. The van der Waals surface area contributed by atoms with Crippen molar-refractivity contribution in [2.24, 2.45) is 0 Å². The van der Waals surface area contributed by atoms with Gasteiger partial charge in [-0.05, 0) is 36.2 Å². The number of nitrogens with zero attached hydrogens (tertiary/aromatic N) is 2. The lowest BCUT2D eigenvalue weighted by molar-refractivity contribution is -0.159. The van der Waals surface area contributed by atoms with Crippen LogP contribution in [-0.2, 0) is 16.1 Å². The maximum atomic E-state index is 9.10. The third kappa shape index (κ3) is 8.13. The van der Waals surface area contributed by atoms with E-state index in [-0.39, 0.29) is 5.92 Å². The van der Waals surface area contributed by atoms with Gasteiger partial charge in [0.05, 0.1) is 18.0 Å². The maximum absolute atomic E-state index is 9.10. The summed E-state index contributed by atoms with van der Waals surface area (Å²) in [5.41, 5.74) is 1.04. The Morgan fingerprint density at radius 3 is 2.32 bits per heavy atom. The minimum absolute atomic E-state index is 0.168. The molecule has 1 aromatic heterocycles. The molecule has 1 unspecified atom stereocenters. The molecule has 0 radical (unpaired) electrons. The van der Waals surface area contributed by atoms with Crippen molar-refractivity contribution in [1.29, 1.82) is 0 Å². The van der Waals surface area contributed by atoms with Crippen LogP contribution < -0.4 is 4.74 Å². The Hall–Kier alpha value is -2.74. The van der Waals surface area contributed by atoms with Crippen LogP contribution in [-0.4, -0.2) is 38.3 Å². The number of hydrogen-bond acceptors (Lipinski definition) is 4. The molecule has 0 aliphatic rings. The highest BCUT2D eigenvalue weighted by Crippen LogP contribution is 2.31. The topological polar surface area (TPSA) is 102 Å². The Kier molecular flexibility index (Phi) is 9.65. The first-order chi connectivity index (χ1) is 14.8. The van der Waals surface area contributed by atoms with E-state index in [1.54, 1.807) is 18.6 Å². The molecule has 0 fully saturated rings. The molecule has 0 saturated carbocycles. The van der Waals surface area contributed by atoms with Crippen LogP contribution in [0, 0.1) is 0 Å². The number of carbonyl (C=O) groups is 2.